The van der Waals surface area contributed by atoms with E-state index in [1.807, 2.05) is 20.8 Å². The highest BCUT2D eigenvalue weighted by Gasteiger charge is 2.40. The summed E-state index contributed by atoms with van der Waals surface area (Å²) in [4.78, 5) is 0. The maximum absolute atomic E-state index is 10.0. The molecule has 3 atom stereocenters. The maximum atomic E-state index is 10.0. The molecule has 0 rings (SSSR count). The fourth-order valence-corrected chi connectivity index (χ4v) is 4.22. The minimum Gasteiger partial charge on any atom is -0.394 e. The molecule has 0 aliphatic heterocycles. The first-order valence-corrected chi connectivity index (χ1v) is 7.33. The molecule has 0 saturated carbocycles. The van der Waals surface area contributed by atoms with Gasteiger partial charge in [0, 0.05) is 0 Å². The van der Waals surface area contributed by atoms with Crippen LogP contribution in [-0.4, -0.2) is 60.9 Å². The van der Waals surface area contributed by atoms with Crippen LogP contribution in [0.25, 0.3) is 0 Å². The van der Waals surface area contributed by atoms with Crippen LogP contribution in [0.15, 0.2) is 0 Å². The van der Waals surface area contributed by atoms with Gasteiger partial charge in [0.2, 0.25) is 0 Å². The van der Waals surface area contributed by atoms with Crippen molar-refractivity contribution in [2.75, 3.05) is 18.1 Å². The summed E-state index contributed by atoms with van der Waals surface area (Å²) in [5.74, 6) is 1.62. The SMILES string of the molecule is CCSC(C)(SCC)C(O)C(O)C(O)CO. The average molecular weight is 270 g/mol. The van der Waals surface area contributed by atoms with E-state index in [9.17, 15) is 15.3 Å². The second-order valence-electron chi connectivity index (χ2n) is 3.57. The van der Waals surface area contributed by atoms with Crippen LogP contribution in [0.1, 0.15) is 20.8 Å². The molecule has 0 bridgehead atoms. The van der Waals surface area contributed by atoms with Crippen molar-refractivity contribution in [3.8, 4) is 0 Å². The highest BCUT2D eigenvalue weighted by atomic mass is 32.2. The number of hydrogen-bond donors (Lipinski definition) is 4. The molecule has 0 aromatic carbocycles. The second-order valence-corrected chi connectivity index (χ2v) is 7.25. The van der Waals surface area contributed by atoms with E-state index >= 15 is 0 Å². The highest BCUT2D eigenvalue weighted by molar-refractivity contribution is 8.18. The zero-order valence-electron chi connectivity index (χ0n) is 9.96. The summed E-state index contributed by atoms with van der Waals surface area (Å²) in [7, 11) is 0. The van der Waals surface area contributed by atoms with Gasteiger partial charge in [0.25, 0.3) is 0 Å². The fraction of sp³-hybridized carbons (Fsp3) is 1.00. The molecule has 16 heavy (non-hydrogen) atoms. The molecule has 0 aromatic heterocycles. The van der Waals surface area contributed by atoms with E-state index < -0.39 is 29.0 Å². The molecular weight excluding hydrogens is 248 g/mol. The molecule has 0 saturated heterocycles. The van der Waals surface area contributed by atoms with Crippen LogP contribution >= 0.6 is 23.5 Å². The van der Waals surface area contributed by atoms with Gasteiger partial charge in [-0.3, -0.25) is 0 Å². The van der Waals surface area contributed by atoms with Crippen LogP contribution in [0.2, 0.25) is 0 Å². The van der Waals surface area contributed by atoms with Crippen molar-refractivity contribution in [3.63, 3.8) is 0 Å². The minimum absolute atomic E-state index is 0.554. The van der Waals surface area contributed by atoms with Crippen LogP contribution in [-0.2, 0) is 0 Å². The van der Waals surface area contributed by atoms with Gasteiger partial charge in [-0.1, -0.05) is 13.8 Å². The van der Waals surface area contributed by atoms with Gasteiger partial charge in [-0.2, -0.15) is 0 Å². The van der Waals surface area contributed by atoms with Crippen LogP contribution in [0.4, 0.5) is 0 Å². The quantitative estimate of drug-likeness (QED) is 0.475. The largest absolute Gasteiger partial charge is 0.394 e. The molecule has 0 aliphatic carbocycles. The van der Waals surface area contributed by atoms with Gasteiger partial charge >= 0.3 is 0 Å². The third kappa shape index (κ3) is 4.43. The predicted octanol–water partition coefficient (Wildman–Crippen LogP) is 0.284. The standard InChI is InChI=1S/C10H22O4S2/c1-4-15-10(3,16-5-2)9(14)8(13)7(12)6-11/h7-9,11-14H,4-6H2,1-3H3. The van der Waals surface area contributed by atoms with E-state index in [-0.39, 0.29) is 0 Å². The molecule has 98 valence electrons. The second kappa shape index (κ2) is 7.79. The molecule has 0 fully saturated rings. The van der Waals surface area contributed by atoms with Crippen molar-refractivity contribution in [2.24, 2.45) is 0 Å². The Balaban J connectivity index is 4.64. The number of aliphatic hydroxyl groups is 4. The molecular formula is C10H22O4S2. The van der Waals surface area contributed by atoms with Crippen molar-refractivity contribution in [2.45, 2.75) is 43.2 Å². The Morgan fingerprint density at radius 2 is 1.50 bits per heavy atom. The molecule has 0 radical (unpaired) electrons. The third-order valence-corrected chi connectivity index (χ3v) is 5.22. The Labute approximate surface area is 105 Å². The Kier molecular flexibility index (Phi) is 8.05. The molecule has 0 heterocycles. The first-order valence-electron chi connectivity index (χ1n) is 5.35. The van der Waals surface area contributed by atoms with Crippen LogP contribution < -0.4 is 0 Å². The van der Waals surface area contributed by atoms with Crippen molar-refractivity contribution in [1.29, 1.82) is 0 Å². The van der Waals surface area contributed by atoms with Crippen molar-refractivity contribution < 1.29 is 20.4 Å². The van der Waals surface area contributed by atoms with Gasteiger partial charge in [0.05, 0.1) is 10.7 Å². The van der Waals surface area contributed by atoms with Crippen molar-refractivity contribution in [3.05, 3.63) is 0 Å². The molecule has 0 aliphatic rings. The van der Waals surface area contributed by atoms with Crippen LogP contribution in [0.5, 0.6) is 0 Å². The molecule has 0 amide bonds. The average Bonchev–Trinajstić information content (AvgIpc) is 2.26. The Hall–Kier alpha value is 0.540. The summed E-state index contributed by atoms with van der Waals surface area (Å²) in [6.07, 6.45) is -3.71. The smallest absolute Gasteiger partial charge is 0.110 e. The van der Waals surface area contributed by atoms with E-state index in [1.54, 1.807) is 0 Å². The normalized spacial score (nSPS) is 18.2. The van der Waals surface area contributed by atoms with Crippen molar-refractivity contribution in [1.82, 2.24) is 0 Å². The van der Waals surface area contributed by atoms with E-state index in [1.165, 1.54) is 23.5 Å². The lowest BCUT2D eigenvalue weighted by atomic mass is 10.1. The predicted molar refractivity (Wildman–Crippen MR) is 69.8 cm³/mol. The number of aliphatic hydroxyl groups excluding tert-OH is 4. The van der Waals surface area contributed by atoms with Gasteiger partial charge in [-0.15, -0.1) is 23.5 Å². The first-order chi connectivity index (χ1) is 7.42. The number of hydrogen-bond acceptors (Lipinski definition) is 6. The zero-order chi connectivity index (χ0) is 12.8. The van der Waals surface area contributed by atoms with E-state index in [4.69, 9.17) is 5.11 Å². The lowest BCUT2D eigenvalue weighted by molar-refractivity contribution is -0.0778. The first kappa shape index (κ1) is 16.5. The summed E-state index contributed by atoms with van der Waals surface area (Å²) in [6, 6.07) is 0. The van der Waals surface area contributed by atoms with Gasteiger partial charge < -0.3 is 20.4 Å². The topological polar surface area (TPSA) is 80.9 Å². The van der Waals surface area contributed by atoms with Crippen LogP contribution in [0, 0.1) is 0 Å². The van der Waals surface area contributed by atoms with Gasteiger partial charge in [0.1, 0.15) is 18.3 Å². The fourth-order valence-electron chi connectivity index (χ4n) is 1.41. The summed E-state index contributed by atoms with van der Waals surface area (Å²) in [6.45, 7) is 5.23. The van der Waals surface area contributed by atoms with Crippen molar-refractivity contribution >= 4 is 23.5 Å². The van der Waals surface area contributed by atoms with Gasteiger partial charge in [0.15, 0.2) is 0 Å². The highest BCUT2D eigenvalue weighted by Crippen LogP contribution is 2.41. The Bertz CT molecular complexity index is 186. The number of rotatable bonds is 8. The molecule has 3 unspecified atom stereocenters. The summed E-state index contributed by atoms with van der Waals surface area (Å²) >= 11 is 3.06. The Morgan fingerprint density at radius 3 is 1.81 bits per heavy atom. The summed E-state index contributed by atoms with van der Waals surface area (Å²) < 4.78 is -0.570. The van der Waals surface area contributed by atoms with E-state index in [0.717, 1.165) is 11.5 Å². The summed E-state index contributed by atoms with van der Waals surface area (Å²) in [5, 5.41) is 37.8. The third-order valence-electron chi connectivity index (χ3n) is 2.30. The zero-order valence-corrected chi connectivity index (χ0v) is 11.6. The van der Waals surface area contributed by atoms with Gasteiger partial charge in [-0.05, 0) is 18.4 Å². The molecule has 0 spiro atoms. The molecule has 4 nitrogen and oxygen atoms in total. The molecule has 6 heteroatoms. The lowest BCUT2D eigenvalue weighted by Gasteiger charge is -2.36. The van der Waals surface area contributed by atoms with E-state index in [2.05, 4.69) is 0 Å². The number of thioether (sulfide) groups is 2. The van der Waals surface area contributed by atoms with Gasteiger partial charge in [-0.25, -0.2) is 0 Å². The summed E-state index contributed by atoms with van der Waals surface area (Å²) in [5.41, 5.74) is 0. The van der Waals surface area contributed by atoms with E-state index in [0.29, 0.717) is 0 Å². The molecule has 0 aromatic rings. The Morgan fingerprint density at radius 1 is 1.06 bits per heavy atom. The maximum Gasteiger partial charge on any atom is 0.110 e. The molecule has 4 N–H and O–H groups in total. The van der Waals surface area contributed by atoms with Crippen LogP contribution in [0.3, 0.4) is 0 Å². The minimum atomic E-state index is -1.33. The lowest BCUT2D eigenvalue weighted by Crippen LogP contribution is -2.49. The monoisotopic (exact) mass is 270 g/mol.